The third-order valence-corrected chi connectivity index (χ3v) is 20.5. The number of esters is 3. The molecule has 2 aliphatic heterocycles. The van der Waals surface area contributed by atoms with Crippen LogP contribution in [-0.4, -0.2) is 204 Å². The number of ether oxygens (including phenoxy) is 7. The van der Waals surface area contributed by atoms with E-state index in [-0.39, 0.29) is 19.3 Å². The van der Waals surface area contributed by atoms with Crippen molar-refractivity contribution < 1.29 is 117 Å². The van der Waals surface area contributed by atoms with Gasteiger partial charge in [-0.1, -0.05) is 264 Å². The number of hydrogen-bond acceptors (Lipinski definition) is 23. The number of unbranched alkanes of at least 4 members (excludes halogenated alkanes) is 39. The molecule has 3 rings (SSSR count). The first-order valence-electron chi connectivity index (χ1n) is 39.5. The van der Waals surface area contributed by atoms with E-state index in [2.05, 4.69) is 32.9 Å². The number of aliphatic hydroxyl groups excluding tert-OH is 10. The Balaban J connectivity index is 1.72. The topological polar surface area (TPSA) is 374 Å². The van der Waals surface area contributed by atoms with E-state index in [1.54, 1.807) is 0 Å². The van der Waals surface area contributed by atoms with Gasteiger partial charge in [0.05, 0.1) is 13.2 Å². The normalized spacial score (nSPS) is 27.3. The van der Waals surface area contributed by atoms with Crippen LogP contribution in [0.5, 0.6) is 0 Å². The molecule has 0 aromatic heterocycles. The van der Waals surface area contributed by atoms with Crippen molar-refractivity contribution in [3.63, 3.8) is 0 Å². The summed E-state index contributed by atoms with van der Waals surface area (Å²) in [6, 6.07) is 0. The summed E-state index contributed by atoms with van der Waals surface area (Å²) in [5, 5.41) is 110. The average molecular weight is 1460 g/mol. The minimum Gasteiger partial charge on any atom is -0.463 e. The van der Waals surface area contributed by atoms with Crippen molar-refractivity contribution in [3.8, 4) is 0 Å². The second-order valence-corrected chi connectivity index (χ2v) is 29.8. The van der Waals surface area contributed by atoms with Crippen LogP contribution in [0.4, 0.5) is 0 Å². The van der Waals surface area contributed by atoms with Crippen molar-refractivity contribution in [2.75, 3.05) is 26.4 Å². The smallest absolute Gasteiger partial charge is 0.463 e. The minimum absolute atomic E-state index is 0.00947. The fourth-order valence-electron chi connectivity index (χ4n) is 13.1. The molecule has 588 valence electrons. The Labute approximate surface area is 599 Å². The number of rotatable bonds is 62. The van der Waals surface area contributed by atoms with Gasteiger partial charge in [-0.15, -0.1) is 0 Å². The Morgan fingerprint density at radius 3 is 1.09 bits per heavy atom. The molecule has 25 heteroatoms. The molecule has 18 unspecified atom stereocenters. The number of carbonyl (C=O) groups is 3. The minimum atomic E-state index is -5.70. The summed E-state index contributed by atoms with van der Waals surface area (Å²) in [6.45, 7) is 3.47. The van der Waals surface area contributed by atoms with Gasteiger partial charge in [0.1, 0.15) is 98.7 Å². The Hall–Kier alpha value is -2.30. The first-order valence-corrected chi connectivity index (χ1v) is 41.0. The lowest BCUT2D eigenvalue weighted by Crippen LogP contribution is -2.69. The first kappa shape index (κ1) is 91.9. The highest BCUT2D eigenvalue weighted by molar-refractivity contribution is 7.47. The highest BCUT2D eigenvalue weighted by Crippen LogP contribution is 2.49. The van der Waals surface area contributed by atoms with Gasteiger partial charge >= 0.3 is 25.7 Å². The number of hydrogen-bond donors (Lipinski definition) is 11. The summed E-state index contributed by atoms with van der Waals surface area (Å²) in [5.41, 5.74) is 0. The molecular weight excluding hydrogens is 1320 g/mol. The molecule has 100 heavy (non-hydrogen) atoms. The molecule has 1 aliphatic carbocycles. The van der Waals surface area contributed by atoms with Crippen molar-refractivity contribution in [2.45, 2.75) is 420 Å². The van der Waals surface area contributed by atoms with Crippen LogP contribution in [0.2, 0.25) is 0 Å². The van der Waals surface area contributed by atoms with Gasteiger partial charge in [0.15, 0.2) is 18.7 Å². The van der Waals surface area contributed by atoms with Gasteiger partial charge in [-0.2, -0.15) is 0 Å². The quantitative estimate of drug-likeness (QED) is 0.00886. The van der Waals surface area contributed by atoms with Crippen LogP contribution in [0, 0.1) is 0 Å². The summed E-state index contributed by atoms with van der Waals surface area (Å²) >= 11 is 0. The average Bonchev–Trinajstić information content (AvgIpc) is 0.762. The third-order valence-electron chi connectivity index (χ3n) is 19.5. The third kappa shape index (κ3) is 39.3. The van der Waals surface area contributed by atoms with Crippen molar-refractivity contribution >= 4 is 25.7 Å². The van der Waals surface area contributed by atoms with Crippen LogP contribution < -0.4 is 0 Å². The lowest BCUT2D eigenvalue weighted by atomic mass is 9.84. The maximum Gasteiger partial charge on any atom is 0.472 e. The molecule has 3 fully saturated rings. The maximum atomic E-state index is 14.4. The van der Waals surface area contributed by atoms with Gasteiger partial charge in [0.2, 0.25) is 0 Å². The molecule has 0 spiro atoms. The Morgan fingerprint density at radius 1 is 0.380 bits per heavy atom. The monoisotopic (exact) mass is 1450 g/mol. The van der Waals surface area contributed by atoms with Crippen LogP contribution in [0.1, 0.15) is 316 Å². The summed E-state index contributed by atoms with van der Waals surface area (Å²) in [4.78, 5) is 51.1. The summed E-state index contributed by atoms with van der Waals surface area (Å²) < 4.78 is 65.1. The van der Waals surface area contributed by atoms with E-state index in [0.29, 0.717) is 19.3 Å². The number of aliphatic hydroxyl groups is 10. The second-order valence-electron chi connectivity index (χ2n) is 28.4. The van der Waals surface area contributed by atoms with E-state index < -0.39 is 156 Å². The molecule has 1 saturated carbocycles. The molecule has 0 radical (unpaired) electrons. The lowest BCUT2D eigenvalue weighted by molar-refractivity contribution is -0.360. The zero-order chi connectivity index (χ0) is 73.2. The SMILES string of the molecule is CCCCCCCC/C=C\CCCCCC(=O)OCC1OC(OC2C(O)C(O)C(O)C(OC3OC(CO)C(O)C(O)C3O)C2OP(=O)(O)OCC(COC(=O)CCCCCCCCCCCCCCCCC)OC(=O)CCCCCCCCCCCCCCCCCCC)C(O)C(O)C1O. The van der Waals surface area contributed by atoms with Gasteiger partial charge in [-0.3, -0.25) is 23.4 Å². The molecule has 11 N–H and O–H groups in total. The summed E-state index contributed by atoms with van der Waals surface area (Å²) in [5.74, 6) is -1.99. The standard InChI is InChI=1S/C75H139O24P/c1-4-7-10-13-16-19-22-25-27-28-30-33-36-39-42-45-48-51-61(79)94-56(53-91-59(77)49-46-43-40-37-35-32-29-26-23-20-17-14-11-8-5-2)54-93-100(89,90)99-73-71(97-74-69(87)64(82)62(80)57(52-76)95-74)67(85)66(84)68(86)72(73)98-75-70(88)65(83)63(81)58(96-75)55-92-60(78)50-47-44-41-38-34-31-24-21-18-15-12-9-6-3/h31,34,56-58,62-76,80-88H,4-30,32-33,35-55H2,1-3H3,(H,89,90)/b34-31-. The van der Waals surface area contributed by atoms with Gasteiger partial charge in [-0.25, -0.2) is 4.57 Å². The van der Waals surface area contributed by atoms with E-state index in [1.807, 2.05) is 0 Å². The number of phosphoric acid groups is 1. The van der Waals surface area contributed by atoms with Crippen LogP contribution >= 0.6 is 7.82 Å². The fraction of sp³-hybridized carbons (Fsp3) is 0.933. The molecule has 2 heterocycles. The largest absolute Gasteiger partial charge is 0.472 e. The van der Waals surface area contributed by atoms with E-state index in [1.165, 1.54) is 167 Å². The highest BCUT2D eigenvalue weighted by Gasteiger charge is 2.58. The van der Waals surface area contributed by atoms with E-state index >= 15 is 0 Å². The molecule has 18 atom stereocenters. The van der Waals surface area contributed by atoms with E-state index in [9.17, 15) is 74.9 Å². The zero-order valence-corrected chi connectivity index (χ0v) is 62.4. The molecular formula is C75H139O24P. The fourth-order valence-corrected chi connectivity index (χ4v) is 14.1. The molecule has 0 bridgehead atoms. The van der Waals surface area contributed by atoms with Gasteiger partial charge in [-0.05, 0) is 44.9 Å². The van der Waals surface area contributed by atoms with Crippen LogP contribution in [-0.2, 0) is 61.2 Å². The van der Waals surface area contributed by atoms with E-state index in [4.69, 9.17) is 42.2 Å². The Kier molecular flexibility index (Phi) is 52.3. The number of carbonyl (C=O) groups excluding carboxylic acids is 3. The summed E-state index contributed by atoms with van der Waals surface area (Å²) in [6.07, 6.45) is 16.9. The van der Waals surface area contributed by atoms with Crippen molar-refractivity contribution in [2.24, 2.45) is 0 Å². The Bertz CT molecular complexity index is 2110. The van der Waals surface area contributed by atoms with E-state index in [0.717, 1.165) is 89.9 Å². The van der Waals surface area contributed by atoms with Crippen molar-refractivity contribution in [3.05, 3.63) is 12.2 Å². The van der Waals surface area contributed by atoms with Crippen LogP contribution in [0.25, 0.3) is 0 Å². The molecule has 0 aromatic rings. The van der Waals surface area contributed by atoms with Crippen LogP contribution in [0.15, 0.2) is 12.2 Å². The molecule has 2 saturated heterocycles. The first-order chi connectivity index (χ1) is 48.3. The lowest BCUT2D eigenvalue weighted by Gasteiger charge is -2.49. The number of allylic oxidation sites excluding steroid dienone is 2. The number of phosphoric ester groups is 1. The van der Waals surface area contributed by atoms with Crippen molar-refractivity contribution in [1.82, 2.24) is 0 Å². The molecule has 3 aliphatic rings. The van der Waals surface area contributed by atoms with Gasteiger partial charge < -0.3 is 89.1 Å². The predicted molar refractivity (Wildman–Crippen MR) is 379 cm³/mol. The molecule has 0 aromatic carbocycles. The zero-order valence-electron chi connectivity index (χ0n) is 61.5. The Morgan fingerprint density at radius 2 is 0.700 bits per heavy atom. The second kappa shape index (κ2) is 57.0. The van der Waals surface area contributed by atoms with Crippen molar-refractivity contribution in [1.29, 1.82) is 0 Å². The summed E-state index contributed by atoms with van der Waals surface area (Å²) in [7, 11) is -5.70. The maximum absolute atomic E-state index is 14.4. The molecule has 0 amide bonds. The predicted octanol–water partition coefficient (Wildman–Crippen LogP) is 11.5. The van der Waals surface area contributed by atoms with Gasteiger partial charge in [0.25, 0.3) is 0 Å². The van der Waals surface area contributed by atoms with Gasteiger partial charge in [0, 0.05) is 19.3 Å². The van der Waals surface area contributed by atoms with Crippen LogP contribution in [0.3, 0.4) is 0 Å². The highest BCUT2D eigenvalue weighted by atomic mass is 31.2. The molecule has 24 nitrogen and oxygen atoms in total.